The molecule has 0 radical (unpaired) electrons. The molecule has 1 heterocycles. The predicted octanol–water partition coefficient (Wildman–Crippen LogP) is 1.81. The van der Waals surface area contributed by atoms with Crippen molar-refractivity contribution in [3.8, 4) is 5.75 Å². The van der Waals surface area contributed by atoms with Crippen LogP contribution in [0.15, 0.2) is 41.8 Å². The van der Waals surface area contributed by atoms with Crippen LogP contribution in [0.4, 0.5) is 0 Å². The molecule has 2 aromatic rings. The molecule has 0 saturated carbocycles. The number of carboxylic acids is 1. The number of aliphatic carboxylic acids is 1. The van der Waals surface area contributed by atoms with Crippen LogP contribution in [-0.2, 0) is 22.4 Å². The normalized spacial score (nSPS) is 11.8. The SMILES string of the molecule is O=C(Cc1cccs1)N[C@@H](Cc1ccc(O)cc1)C(=O)O. The largest absolute Gasteiger partial charge is 0.508 e. The number of carbonyl (C=O) groups is 2. The van der Waals surface area contributed by atoms with E-state index >= 15 is 0 Å². The van der Waals surface area contributed by atoms with Crippen molar-refractivity contribution >= 4 is 23.2 Å². The van der Waals surface area contributed by atoms with Crippen molar-refractivity contribution in [2.45, 2.75) is 18.9 Å². The van der Waals surface area contributed by atoms with Crippen molar-refractivity contribution < 1.29 is 19.8 Å². The molecule has 0 aliphatic heterocycles. The Morgan fingerprint density at radius 2 is 1.90 bits per heavy atom. The van der Waals surface area contributed by atoms with E-state index < -0.39 is 12.0 Å². The number of hydrogen-bond acceptors (Lipinski definition) is 4. The Labute approximate surface area is 125 Å². The molecule has 21 heavy (non-hydrogen) atoms. The summed E-state index contributed by atoms with van der Waals surface area (Å²) in [5.74, 6) is -1.28. The first-order valence-corrected chi connectivity index (χ1v) is 7.25. The summed E-state index contributed by atoms with van der Waals surface area (Å²) in [5.41, 5.74) is 0.733. The number of carboxylic acid groups (broad SMARTS) is 1. The van der Waals surface area contributed by atoms with E-state index in [4.69, 9.17) is 0 Å². The van der Waals surface area contributed by atoms with Gasteiger partial charge in [-0.2, -0.15) is 0 Å². The van der Waals surface area contributed by atoms with Crippen molar-refractivity contribution in [2.24, 2.45) is 0 Å². The fourth-order valence-electron chi connectivity index (χ4n) is 1.88. The van der Waals surface area contributed by atoms with Gasteiger partial charge in [0.2, 0.25) is 5.91 Å². The van der Waals surface area contributed by atoms with Crippen LogP contribution in [-0.4, -0.2) is 28.1 Å². The lowest BCUT2D eigenvalue weighted by Crippen LogP contribution is -2.42. The number of phenols is 1. The maximum atomic E-state index is 11.9. The molecular formula is C15H15NO4S. The van der Waals surface area contributed by atoms with Crippen LogP contribution in [0.5, 0.6) is 5.75 Å². The van der Waals surface area contributed by atoms with Gasteiger partial charge in [-0.15, -0.1) is 11.3 Å². The first-order chi connectivity index (χ1) is 10.0. The third kappa shape index (κ3) is 4.61. The number of benzene rings is 1. The Bertz CT molecular complexity index is 607. The highest BCUT2D eigenvalue weighted by Gasteiger charge is 2.20. The maximum Gasteiger partial charge on any atom is 0.326 e. The fraction of sp³-hybridized carbons (Fsp3) is 0.200. The summed E-state index contributed by atoms with van der Waals surface area (Å²) >= 11 is 1.46. The molecule has 1 atom stereocenters. The molecule has 0 saturated heterocycles. The molecule has 6 heteroatoms. The number of phenolic OH excluding ortho intramolecular Hbond substituents is 1. The smallest absolute Gasteiger partial charge is 0.326 e. The van der Waals surface area contributed by atoms with Crippen LogP contribution in [0.2, 0.25) is 0 Å². The molecule has 0 aliphatic carbocycles. The Hall–Kier alpha value is -2.34. The minimum Gasteiger partial charge on any atom is -0.508 e. The molecule has 2 rings (SSSR count). The van der Waals surface area contributed by atoms with E-state index in [2.05, 4.69) is 5.32 Å². The van der Waals surface area contributed by atoms with Gasteiger partial charge >= 0.3 is 5.97 Å². The third-order valence-corrected chi connectivity index (χ3v) is 3.80. The second kappa shape index (κ2) is 6.90. The number of rotatable bonds is 6. The summed E-state index contributed by atoms with van der Waals surface area (Å²) in [6, 6.07) is 8.94. The number of hydrogen-bond donors (Lipinski definition) is 3. The van der Waals surface area contributed by atoms with Crippen molar-refractivity contribution in [2.75, 3.05) is 0 Å². The van der Waals surface area contributed by atoms with Gasteiger partial charge in [-0.1, -0.05) is 18.2 Å². The molecule has 3 N–H and O–H groups in total. The first-order valence-electron chi connectivity index (χ1n) is 6.37. The molecule has 0 aliphatic rings. The second-order valence-electron chi connectivity index (χ2n) is 4.59. The summed E-state index contributed by atoms with van der Waals surface area (Å²) in [6.45, 7) is 0. The van der Waals surface area contributed by atoms with Crippen LogP contribution in [0.1, 0.15) is 10.4 Å². The molecule has 5 nitrogen and oxygen atoms in total. The lowest BCUT2D eigenvalue weighted by molar-refractivity contribution is -0.141. The van der Waals surface area contributed by atoms with Gasteiger partial charge in [0.15, 0.2) is 0 Å². The van der Waals surface area contributed by atoms with Gasteiger partial charge in [0.25, 0.3) is 0 Å². The Morgan fingerprint density at radius 1 is 1.19 bits per heavy atom. The number of nitrogens with one attached hydrogen (secondary N) is 1. The lowest BCUT2D eigenvalue weighted by Gasteiger charge is -2.14. The van der Waals surface area contributed by atoms with E-state index in [1.165, 1.54) is 23.5 Å². The topological polar surface area (TPSA) is 86.6 Å². The summed E-state index contributed by atoms with van der Waals surface area (Å²) < 4.78 is 0. The zero-order valence-electron chi connectivity index (χ0n) is 11.2. The highest BCUT2D eigenvalue weighted by Crippen LogP contribution is 2.12. The quantitative estimate of drug-likeness (QED) is 0.759. The fourth-order valence-corrected chi connectivity index (χ4v) is 2.59. The van der Waals surface area contributed by atoms with Gasteiger partial charge < -0.3 is 15.5 Å². The predicted molar refractivity (Wildman–Crippen MR) is 79.4 cm³/mol. The van der Waals surface area contributed by atoms with Crippen molar-refractivity contribution in [1.82, 2.24) is 5.32 Å². The monoisotopic (exact) mass is 305 g/mol. The van der Waals surface area contributed by atoms with Crippen LogP contribution >= 0.6 is 11.3 Å². The Balaban J connectivity index is 1.97. The van der Waals surface area contributed by atoms with Gasteiger partial charge in [0, 0.05) is 11.3 Å². The van der Waals surface area contributed by atoms with Gasteiger partial charge in [-0.05, 0) is 29.1 Å². The van der Waals surface area contributed by atoms with E-state index in [-0.39, 0.29) is 24.5 Å². The van der Waals surface area contributed by atoms with Gasteiger partial charge in [0.1, 0.15) is 11.8 Å². The minimum atomic E-state index is -1.08. The molecule has 0 bridgehead atoms. The lowest BCUT2D eigenvalue weighted by atomic mass is 10.1. The molecule has 1 aromatic heterocycles. The molecule has 0 unspecified atom stereocenters. The Kier molecular flexibility index (Phi) is 4.94. The standard InChI is InChI=1S/C15H15NO4S/c17-11-5-3-10(4-6-11)8-13(15(19)20)16-14(18)9-12-2-1-7-21-12/h1-7,13,17H,8-9H2,(H,16,18)(H,19,20)/t13-/m0/s1. The summed E-state index contributed by atoms with van der Waals surface area (Å²) in [4.78, 5) is 24.0. The molecule has 1 amide bonds. The van der Waals surface area contributed by atoms with E-state index in [0.717, 1.165) is 10.4 Å². The molecule has 1 aromatic carbocycles. The van der Waals surface area contributed by atoms with Crippen LogP contribution in [0.25, 0.3) is 0 Å². The van der Waals surface area contributed by atoms with Gasteiger partial charge in [-0.25, -0.2) is 4.79 Å². The number of aromatic hydroxyl groups is 1. The molecule has 110 valence electrons. The van der Waals surface area contributed by atoms with E-state index in [1.807, 2.05) is 17.5 Å². The third-order valence-electron chi connectivity index (χ3n) is 2.92. The second-order valence-corrected chi connectivity index (χ2v) is 5.62. The summed E-state index contributed by atoms with van der Waals surface area (Å²) in [6.07, 6.45) is 0.350. The molecule has 0 spiro atoms. The summed E-state index contributed by atoms with van der Waals surface area (Å²) in [7, 11) is 0. The van der Waals surface area contributed by atoms with Crippen LogP contribution in [0.3, 0.4) is 0 Å². The molecule has 0 fully saturated rings. The van der Waals surface area contributed by atoms with Crippen LogP contribution in [0, 0.1) is 0 Å². The minimum absolute atomic E-state index is 0.118. The van der Waals surface area contributed by atoms with Crippen LogP contribution < -0.4 is 5.32 Å². The van der Waals surface area contributed by atoms with E-state index in [0.29, 0.717) is 0 Å². The highest BCUT2D eigenvalue weighted by atomic mass is 32.1. The summed E-state index contributed by atoms with van der Waals surface area (Å²) in [5, 5.41) is 22.8. The van der Waals surface area contributed by atoms with Crippen molar-refractivity contribution in [3.63, 3.8) is 0 Å². The zero-order valence-corrected chi connectivity index (χ0v) is 12.0. The number of thiophene rings is 1. The highest BCUT2D eigenvalue weighted by molar-refractivity contribution is 7.10. The first kappa shape index (κ1) is 15.1. The van der Waals surface area contributed by atoms with E-state index in [9.17, 15) is 19.8 Å². The average Bonchev–Trinajstić information content (AvgIpc) is 2.93. The molecular weight excluding hydrogens is 290 g/mol. The van der Waals surface area contributed by atoms with Crippen molar-refractivity contribution in [1.29, 1.82) is 0 Å². The number of carbonyl (C=O) groups excluding carboxylic acids is 1. The maximum absolute atomic E-state index is 11.9. The zero-order chi connectivity index (χ0) is 15.2. The Morgan fingerprint density at radius 3 is 2.48 bits per heavy atom. The van der Waals surface area contributed by atoms with Crippen molar-refractivity contribution in [3.05, 3.63) is 52.2 Å². The number of amides is 1. The average molecular weight is 305 g/mol. The van der Waals surface area contributed by atoms with Gasteiger partial charge in [0.05, 0.1) is 6.42 Å². The van der Waals surface area contributed by atoms with Gasteiger partial charge in [-0.3, -0.25) is 4.79 Å². The van der Waals surface area contributed by atoms with E-state index in [1.54, 1.807) is 12.1 Å².